The summed E-state index contributed by atoms with van der Waals surface area (Å²) in [5.74, 6) is -15.2. The Morgan fingerprint density at radius 3 is 1.67 bits per heavy atom. The molecule has 618 valence electrons. The molecule has 2 heterocycles. The van der Waals surface area contributed by atoms with E-state index in [4.69, 9.17) is 10.5 Å². The van der Waals surface area contributed by atoms with Crippen LogP contribution in [0.4, 0.5) is 0 Å². The average molecular weight is 1550 g/mol. The topological polar surface area (TPSA) is 442 Å². The molecule has 111 heavy (non-hydrogen) atoms. The van der Waals surface area contributed by atoms with Gasteiger partial charge in [0.05, 0.1) is 6.10 Å². The minimum Gasteiger partial charge on any atom is -0.458 e. The van der Waals surface area contributed by atoms with Gasteiger partial charge in [0.25, 0.3) is 5.91 Å². The maximum absolute atomic E-state index is 15.1. The van der Waals surface area contributed by atoms with Crippen molar-refractivity contribution in [1.29, 1.82) is 0 Å². The van der Waals surface area contributed by atoms with E-state index >= 15 is 9.59 Å². The number of nitrogens with one attached hydrogen (secondary N) is 12. The predicted octanol–water partition coefficient (Wildman–Crippen LogP) is 3.50. The third kappa shape index (κ3) is 28.1. The van der Waals surface area contributed by atoms with E-state index in [9.17, 15) is 62.6 Å². The van der Waals surface area contributed by atoms with Crippen LogP contribution >= 0.6 is 0 Å². The summed E-state index contributed by atoms with van der Waals surface area (Å²) in [5, 5.41) is 43.4. The Hall–Kier alpha value is -9.32. The van der Waals surface area contributed by atoms with Crippen molar-refractivity contribution in [3.8, 4) is 11.1 Å². The predicted molar refractivity (Wildman–Crippen MR) is 421 cm³/mol. The number of aliphatic hydroxyl groups excluding tert-OH is 1. The molecular weight excluding hydrogens is 1420 g/mol. The minimum atomic E-state index is -1.84. The summed E-state index contributed by atoms with van der Waals surface area (Å²) < 4.78 is 6.00. The molecule has 2 aliphatic heterocycles. The molecule has 4 rings (SSSR count). The van der Waals surface area contributed by atoms with E-state index in [0.717, 1.165) is 17.5 Å². The maximum Gasteiger partial charge on any atom is 0.329 e. The molecule has 0 spiro atoms. The standard InChI is InChI=1S/C81H128N14O16/c1-20-48(16)65(91-70(99)56(32-27-39-82)84-72(101)58-33-28-40-95(58)80(109)63(46(12)13)89-75(104)62(45(10)11)88-78(107)67(50(18)96)93-74(103)60(43(6)7)86-59(97)34-26-29-42(4)5)77(106)94-68-51(19)111-81(110)64(47(14)15)90-69(98)55(22-3)83-71(100)57(41-52-35-37-54(38-36-52)53-30-24-23-25-31-53)85-73(102)61(44(8)9)87-76(105)66(49(17)21-2)92-79(68)108/h22-25,30-31,35-38,42-51,56-58,60-68,96H,20-21,26-29,32-34,39-41,82H2,1-19H3,(H,83,100)(H,84,101)(H,85,102)(H,86,97)(H,87,105)(H,88,107)(H,89,104)(H,90,98)(H,91,99)(H,92,108)(H,93,103)(H,94,106)/b55-22-/t48-,49-,50-,51+,56+,57+,58-,60-,61-,62+,63-,64+,65-,66-,67+,68-/m1/s1. The smallest absolute Gasteiger partial charge is 0.329 e. The van der Waals surface area contributed by atoms with Gasteiger partial charge in [0.1, 0.15) is 84.3 Å². The van der Waals surface area contributed by atoms with Gasteiger partial charge in [-0.05, 0) is 123 Å². The van der Waals surface area contributed by atoms with Gasteiger partial charge < -0.3 is 84.3 Å². The number of hydrogen-bond acceptors (Lipinski definition) is 17. The summed E-state index contributed by atoms with van der Waals surface area (Å²) in [5.41, 5.74) is 8.18. The van der Waals surface area contributed by atoms with E-state index in [0.29, 0.717) is 30.7 Å². The Morgan fingerprint density at radius 2 is 1.13 bits per heavy atom. The first kappa shape index (κ1) is 94.1. The molecule has 0 bridgehead atoms. The summed E-state index contributed by atoms with van der Waals surface area (Å²) in [4.78, 5) is 203. The zero-order chi connectivity index (χ0) is 83.4. The number of hydrogen-bond donors (Lipinski definition) is 14. The second-order valence-corrected chi connectivity index (χ2v) is 31.8. The number of rotatable bonds is 34. The third-order valence-corrected chi connectivity index (χ3v) is 20.5. The molecule has 2 fully saturated rings. The van der Waals surface area contributed by atoms with Gasteiger partial charge in [0, 0.05) is 19.4 Å². The lowest BCUT2D eigenvalue weighted by Crippen LogP contribution is -2.64. The van der Waals surface area contributed by atoms with Gasteiger partial charge in [-0.15, -0.1) is 0 Å². The molecule has 2 saturated heterocycles. The van der Waals surface area contributed by atoms with Crippen molar-refractivity contribution in [2.75, 3.05) is 13.1 Å². The highest BCUT2D eigenvalue weighted by atomic mass is 16.5. The van der Waals surface area contributed by atoms with E-state index in [1.54, 1.807) is 109 Å². The Balaban J connectivity index is 1.64. The lowest BCUT2D eigenvalue weighted by Gasteiger charge is -2.33. The summed E-state index contributed by atoms with van der Waals surface area (Å²) in [6.45, 7) is 31.8. The van der Waals surface area contributed by atoms with Crippen molar-refractivity contribution in [2.45, 2.75) is 280 Å². The molecule has 0 aromatic heterocycles. The number of esters is 1. The fourth-order valence-electron chi connectivity index (χ4n) is 13.0. The van der Waals surface area contributed by atoms with Crippen molar-refractivity contribution < 1.29 is 77.0 Å². The van der Waals surface area contributed by atoms with Gasteiger partial charge in [-0.2, -0.15) is 0 Å². The number of cyclic esters (lactones) is 1. The highest BCUT2D eigenvalue weighted by molar-refractivity contribution is 6.03. The average Bonchev–Trinajstić information content (AvgIpc) is 1.79. The first-order valence-corrected chi connectivity index (χ1v) is 39.6. The fourth-order valence-corrected chi connectivity index (χ4v) is 13.0. The van der Waals surface area contributed by atoms with Crippen LogP contribution in [-0.2, 0) is 78.3 Å². The number of benzene rings is 2. The Labute approximate surface area is 655 Å². The van der Waals surface area contributed by atoms with E-state index in [-0.39, 0.29) is 63.2 Å². The van der Waals surface area contributed by atoms with Crippen molar-refractivity contribution in [3.05, 3.63) is 71.9 Å². The number of carbonyl (C=O) groups excluding carboxylic acids is 14. The molecular formula is C81H128N14O16. The van der Waals surface area contributed by atoms with Crippen LogP contribution in [0, 0.1) is 47.3 Å². The van der Waals surface area contributed by atoms with E-state index in [1.807, 2.05) is 56.3 Å². The van der Waals surface area contributed by atoms with Gasteiger partial charge >= 0.3 is 5.97 Å². The molecule has 0 radical (unpaired) electrons. The summed E-state index contributed by atoms with van der Waals surface area (Å²) >= 11 is 0. The van der Waals surface area contributed by atoms with Crippen molar-refractivity contribution in [1.82, 2.24) is 68.7 Å². The van der Waals surface area contributed by atoms with Crippen LogP contribution in [0.25, 0.3) is 11.1 Å². The largest absolute Gasteiger partial charge is 0.458 e. The Bertz CT molecular complexity index is 3530. The van der Waals surface area contributed by atoms with Crippen LogP contribution in [0.3, 0.4) is 0 Å². The second-order valence-electron chi connectivity index (χ2n) is 31.8. The summed E-state index contributed by atoms with van der Waals surface area (Å²) in [6.07, 6.45) is 0.952. The molecule has 30 heteroatoms. The SMILES string of the molecule is C/C=C1\NC(=O)[C@H](Cc2ccc(-c3ccccc3)cc2)NC(=O)[C@@H](C(C)C)NC(=O)[C@@H]([C@H](C)CC)NC(=O)[C@H](NC(=O)[C@H](NC(=O)[C@H](CCCN)NC(=O)[C@H]2CCCN2C(=O)[C@H](NC(=O)[C@@H](NC(=O)[C@@H](NC(=O)[C@H](NC(=O)CCCC(C)C)C(C)C)[C@@H](C)O)C(C)C)C(C)C)[C@H](C)CC)[C@H](C)OC(=O)[C@H](C(C)C)NC1=O. The highest BCUT2D eigenvalue weighted by Crippen LogP contribution is 2.25. The fraction of sp³-hybridized carbons (Fsp3) is 0.654. The zero-order valence-corrected chi connectivity index (χ0v) is 68.6. The number of ether oxygens (including phenoxy) is 1. The molecule has 2 aromatic carbocycles. The first-order valence-electron chi connectivity index (χ1n) is 39.6. The maximum atomic E-state index is 15.1. The minimum absolute atomic E-state index is 0.0555. The van der Waals surface area contributed by atoms with Crippen molar-refractivity contribution in [3.63, 3.8) is 0 Å². The Kier molecular flexibility index (Phi) is 38.3. The number of likely N-dealkylation sites (tertiary alicyclic amines) is 1. The zero-order valence-electron chi connectivity index (χ0n) is 68.6. The van der Waals surface area contributed by atoms with Crippen LogP contribution in [0.5, 0.6) is 0 Å². The number of nitrogens with zero attached hydrogens (tertiary/aromatic N) is 1. The molecule has 15 N–H and O–H groups in total. The van der Waals surface area contributed by atoms with Crippen LogP contribution in [0.15, 0.2) is 66.4 Å². The summed E-state index contributed by atoms with van der Waals surface area (Å²) in [6, 6.07) is 0.377. The number of carbonyl (C=O) groups is 14. The molecule has 30 nitrogen and oxygen atoms in total. The van der Waals surface area contributed by atoms with Crippen LogP contribution in [0.2, 0.25) is 0 Å². The monoisotopic (exact) mass is 1550 g/mol. The van der Waals surface area contributed by atoms with Crippen molar-refractivity contribution >= 4 is 82.8 Å². The van der Waals surface area contributed by atoms with E-state index in [1.165, 1.54) is 31.7 Å². The van der Waals surface area contributed by atoms with E-state index in [2.05, 4.69) is 63.8 Å². The molecule has 13 amide bonds. The van der Waals surface area contributed by atoms with Gasteiger partial charge in [-0.1, -0.05) is 191 Å². The first-order chi connectivity index (χ1) is 52.2. The lowest BCUT2D eigenvalue weighted by atomic mass is 9.95. The van der Waals surface area contributed by atoms with Gasteiger partial charge in [-0.25, -0.2) is 4.79 Å². The molecule has 16 atom stereocenters. The summed E-state index contributed by atoms with van der Waals surface area (Å²) in [7, 11) is 0. The van der Waals surface area contributed by atoms with Crippen LogP contribution < -0.4 is 69.5 Å². The molecule has 0 unspecified atom stereocenters. The van der Waals surface area contributed by atoms with Crippen LogP contribution in [-0.4, -0.2) is 191 Å². The van der Waals surface area contributed by atoms with Gasteiger partial charge in [-0.3, -0.25) is 62.3 Å². The number of aliphatic hydroxyl groups is 1. The van der Waals surface area contributed by atoms with Gasteiger partial charge in [0.2, 0.25) is 70.9 Å². The quantitative estimate of drug-likeness (QED) is 0.0352. The molecule has 2 aromatic rings. The molecule has 0 aliphatic carbocycles. The molecule has 0 saturated carbocycles. The number of amides is 13. The molecule has 2 aliphatic rings. The number of allylic oxidation sites excluding steroid dienone is 1. The number of nitrogens with two attached hydrogens (primary N) is 1. The third-order valence-electron chi connectivity index (χ3n) is 20.5. The lowest BCUT2D eigenvalue weighted by molar-refractivity contribution is -0.157. The Morgan fingerprint density at radius 1 is 0.586 bits per heavy atom. The van der Waals surface area contributed by atoms with Crippen molar-refractivity contribution in [2.24, 2.45) is 53.1 Å². The normalized spacial score (nSPS) is 22.0. The second kappa shape index (κ2) is 45.3. The van der Waals surface area contributed by atoms with Crippen LogP contribution in [0.1, 0.15) is 195 Å². The highest BCUT2D eigenvalue weighted by Gasteiger charge is 2.45. The van der Waals surface area contributed by atoms with E-state index < -0.39 is 203 Å². The van der Waals surface area contributed by atoms with Gasteiger partial charge in [0.15, 0.2) is 0 Å².